The van der Waals surface area contributed by atoms with Crippen molar-refractivity contribution in [3.05, 3.63) is 65.4 Å². The van der Waals surface area contributed by atoms with Crippen LogP contribution in [-0.2, 0) is 6.54 Å². The second kappa shape index (κ2) is 10.3. The van der Waals surface area contributed by atoms with E-state index in [0.29, 0.717) is 18.2 Å². The maximum Gasteiger partial charge on any atom is 0.166 e. The summed E-state index contributed by atoms with van der Waals surface area (Å²) in [4.78, 5) is 16.6. The number of nitrogens with zero attached hydrogens (tertiary/aromatic N) is 5. The number of imidazole rings is 1. The smallest absolute Gasteiger partial charge is 0.166 e. The Hall–Kier alpha value is -3.20. The van der Waals surface area contributed by atoms with Gasteiger partial charge in [0.05, 0.1) is 11.6 Å². The van der Waals surface area contributed by atoms with Gasteiger partial charge in [0.15, 0.2) is 17.0 Å². The fraction of sp³-hybridized carbons (Fsp3) is 0.393. The minimum Gasteiger partial charge on any atom is -0.492 e. The Morgan fingerprint density at radius 1 is 1.08 bits per heavy atom. The standard InChI is InChI=1S/C28H32ClN7O/c1-28(9-10-28)34-25-24-27(32-19-31-25)36(18-20-5-3-2-4-6-20)26(33-24)22-8-7-21(17-23(22)29)37-16-15-35-13-11-30-12-14-35/h2-8,17,19,30H,9-16,18H2,1H3,(H,31,32,34). The number of benzene rings is 2. The Morgan fingerprint density at radius 2 is 1.89 bits per heavy atom. The Morgan fingerprint density at radius 3 is 2.65 bits per heavy atom. The highest BCUT2D eigenvalue weighted by Gasteiger charge is 2.38. The predicted octanol–water partition coefficient (Wildman–Crippen LogP) is 4.44. The first-order chi connectivity index (χ1) is 18.1. The average Bonchev–Trinajstić information content (AvgIpc) is 3.53. The van der Waals surface area contributed by atoms with Crippen molar-refractivity contribution in [1.29, 1.82) is 0 Å². The van der Waals surface area contributed by atoms with Crippen LogP contribution in [0.15, 0.2) is 54.9 Å². The third-order valence-corrected chi connectivity index (χ3v) is 7.52. The van der Waals surface area contributed by atoms with Crippen LogP contribution in [-0.4, -0.2) is 69.3 Å². The maximum atomic E-state index is 6.85. The van der Waals surface area contributed by atoms with E-state index < -0.39 is 0 Å². The van der Waals surface area contributed by atoms with Crippen molar-refractivity contribution < 1.29 is 4.74 Å². The van der Waals surface area contributed by atoms with Gasteiger partial charge < -0.3 is 19.9 Å². The van der Waals surface area contributed by atoms with Gasteiger partial charge in [-0.15, -0.1) is 0 Å². The predicted molar refractivity (Wildman–Crippen MR) is 147 cm³/mol. The zero-order chi connectivity index (χ0) is 25.2. The first-order valence-corrected chi connectivity index (χ1v) is 13.3. The minimum atomic E-state index is 0.0754. The number of halogens is 1. The third kappa shape index (κ3) is 5.42. The van der Waals surface area contributed by atoms with Crippen LogP contribution in [0.5, 0.6) is 5.75 Å². The molecule has 1 aliphatic heterocycles. The molecule has 8 nitrogen and oxygen atoms in total. The van der Waals surface area contributed by atoms with Crippen LogP contribution in [0.4, 0.5) is 5.82 Å². The average molecular weight is 518 g/mol. The number of rotatable bonds is 9. The summed E-state index contributed by atoms with van der Waals surface area (Å²) in [6.07, 6.45) is 3.86. The molecule has 0 bridgehead atoms. The second-order valence-corrected chi connectivity index (χ2v) is 10.6. The quantitative estimate of drug-likeness (QED) is 0.339. The Bertz CT molecular complexity index is 1380. The van der Waals surface area contributed by atoms with Crippen LogP contribution in [0.3, 0.4) is 0 Å². The Labute approximate surface area is 222 Å². The molecule has 0 unspecified atom stereocenters. The molecule has 2 aliphatic rings. The minimum absolute atomic E-state index is 0.0754. The Balaban J connectivity index is 1.31. The molecule has 9 heteroatoms. The van der Waals surface area contributed by atoms with E-state index in [1.165, 1.54) is 0 Å². The highest BCUT2D eigenvalue weighted by Crippen LogP contribution is 2.40. The molecule has 6 rings (SSSR count). The van der Waals surface area contributed by atoms with Gasteiger partial charge in [0.25, 0.3) is 0 Å². The molecule has 3 heterocycles. The molecule has 0 atom stereocenters. The number of nitrogens with one attached hydrogen (secondary N) is 2. The normalized spacial score (nSPS) is 17.1. The van der Waals surface area contributed by atoms with E-state index in [2.05, 4.69) is 49.1 Å². The summed E-state index contributed by atoms with van der Waals surface area (Å²) in [6.45, 7) is 8.54. The molecular weight excluding hydrogens is 486 g/mol. The van der Waals surface area contributed by atoms with Gasteiger partial charge in [-0.2, -0.15) is 0 Å². The second-order valence-electron chi connectivity index (χ2n) is 10.2. The van der Waals surface area contributed by atoms with E-state index in [4.69, 9.17) is 21.3 Å². The fourth-order valence-corrected chi connectivity index (χ4v) is 5.00. The lowest BCUT2D eigenvalue weighted by molar-refractivity contribution is 0.191. The first-order valence-electron chi connectivity index (χ1n) is 13.0. The van der Waals surface area contributed by atoms with Crippen molar-refractivity contribution >= 4 is 28.6 Å². The van der Waals surface area contributed by atoms with Crippen LogP contribution in [0.2, 0.25) is 5.02 Å². The van der Waals surface area contributed by atoms with Crippen molar-refractivity contribution in [2.75, 3.05) is 44.6 Å². The highest BCUT2D eigenvalue weighted by atomic mass is 35.5. The molecule has 2 aromatic heterocycles. The molecule has 0 radical (unpaired) electrons. The zero-order valence-corrected chi connectivity index (χ0v) is 21.8. The van der Waals surface area contributed by atoms with Crippen molar-refractivity contribution in [3.63, 3.8) is 0 Å². The summed E-state index contributed by atoms with van der Waals surface area (Å²) in [5.74, 6) is 2.29. The number of aromatic nitrogens is 4. The van der Waals surface area contributed by atoms with E-state index >= 15 is 0 Å². The number of ether oxygens (including phenoxy) is 1. The monoisotopic (exact) mass is 517 g/mol. The van der Waals surface area contributed by atoms with E-state index in [1.54, 1.807) is 6.33 Å². The largest absolute Gasteiger partial charge is 0.492 e. The summed E-state index contributed by atoms with van der Waals surface area (Å²) in [5, 5.41) is 7.55. The summed E-state index contributed by atoms with van der Waals surface area (Å²) >= 11 is 6.85. The van der Waals surface area contributed by atoms with Crippen LogP contribution in [0, 0.1) is 0 Å². The van der Waals surface area contributed by atoms with Crippen molar-refractivity contribution in [2.24, 2.45) is 0 Å². The molecule has 1 aliphatic carbocycles. The van der Waals surface area contributed by atoms with Crippen LogP contribution in [0.25, 0.3) is 22.6 Å². The number of hydrogen-bond donors (Lipinski definition) is 2. The summed E-state index contributed by atoms with van der Waals surface area (Å²) in [6, 6.07) is 16.2. The van der Waals surface area contributed by atoms with E-state index in [9.17, 15) is 0 Å². The van der Waals surface area contributed by atoms with Gasteiger partial charge in [-0.3, -0.25) is 4.90 Å². The van der Waals surface area contributed by atoms with Crippen LogP contribution < -0.4 is 15.4 Å². The number of hydrogen-bond acceptors (Lipinski definition) is 7. The summed E-state index contributed by atoms with van der Waals surface area (Å²) < 4.78 is 8.16. The molecule has 2 fully saturated rings. The third-order valence-electron chi connectivity index (χ3n) is 7.20. The lowest BCUT2D eigenvalue weighted by Gasteiger charge is -2.26. The number of anilines is 1. The highest BCUT2D eigenvalue weighted by molar-refractivity contribution is 6.33. The lowest BCUT2D eigenvalue weighted by Crippen LogP contribution is -2.44. The molecule has 4 aromatic rings. The van der Waals surface area contributed by atoms with Crippen molar-refractivity contribution in [3.8, 4) is 17.1 Å². The topological polar surface area (TPSA) is 80.1 Å². The summed E-state index contributed by atoms with van der Waals surface area (Å²) in [7, 11) is 0. The molecule has 2 aromatic carbocycles. The zero-order valence-electron chi connectivity index (χ0n) is 21.1. The van der Waals surface area contributed by atoms with E-state index in [0.717, 1.165) is 85.2 Å². The lowest BCUT2D eigenvalue weighted by atomic mass is 10.2. The number of fused-ring (bicyclic) bond motifs is 1. The molecule has 1 saturated carbocycles. The molecule has 1 saturated heterocycles. The van der Waals surface area contributed by atoms with Gasteiger partial charge in [-0.05, 0) is 43.5 Å². The van der Waals surface area contributed by atoms with Gasteiger partial charge in [-0.25, -0.2) is 15.0 Å². The molecule has 192 valence electrons. The first kappa shape index (κ1) is 24.2. The maximum absolute atomic E-state index is 6.85. The van der Waals surface area contributed by atoms with Gasteiger partial charge >= 0.3 is 0 Å². The van der Waals surface area contributed by atoms with Crippen molar-refractivity contribution in [2.45, 2.75) is 31.8 Å². The molecule has 37 heavy (non-hydrogen) atoms. The van der Waals surface area contributed by atoms with Gasteiger partial charge in [0, 0.05) is 43.8 Å². The number of piperazine rings is 1. The van der Waals surface area contributed by atoms with E-state index in [-0.39, 0.29) is 5.54 Å². The molecule has 2 N–H and O–H groups in total. The van der Waals surface area contributed by atoms with Crippen LogP contribution >= 0.6 is 11.6 Å². The molecule has 0 spiro atoms. The molecular formula is C28H32ClN7O. The van der Waals surface area contributed by atoms with Crippen LogP contribution in [0.1, 0.15) is 25.3 Å². The Kier molecular flexibility index (Phi) is 6.71. The van der Waals surface area contributed by atoms with E-state index in [1.807, 2.05) is 36.4 Å². The van der Waals surface area contributed by atoms with Crippen molar-refractivity contribution in [1.82, 2.24) is 29.7 Å². The molecule has 0 amide bonds. The SMILES string of the molecule is CC1(Nc2ncnc3c2nc(-c2ccc(OCCN4CCNCC4)cc2Cl)n3Cc2ccccc2)CC1. The summed E-state index contributed by atoms with van der Waals surface area (Å²) in [5.41, 5.74) is 3.62. The fourth-order valence-electron chi connectivity index (χ4n) is 4.74. The van der Waals surface area contributed by atoms with Gasteiger partial charge in [0.1, 0.15) is 24.5 Å². The van der Waals surface area contributed by atoms with Gasteiger partial charge in [-0.1, -0.05) is 41.9 Å². The van der Waals surface area contributed by atoms with Gasteiger partial charge in [0.2, 0.25) is 0 Å².